The van der Waals surface area contributed by atoms with Crippen LogP contribution in [-0.2, 0) is 9.53 Å². The van der Waals surface area contributed by atoms with E-state index in [9.17, 15) is 15.0 Å². The van der Waals surface area contributed by atoms with E-state index < -0.39 is 18.2 Å². The molecule has 0 unspecified atom stereocenters. The fourth-order valence-electron chi connectivity index (χ4n) is 0.972. The van der Waals surface area contributed by atoms with Gasteiger partial charge in [-0.2, -0.15) is 0 Å². The van der Waals surface area contributed by atoms with Crippen molar-refractivity contribution in [2.75, 3.05) is 6.61 Å². The Balaban J connectivity index is 2.61. The summed E-state index contributed by atoms with van der Waals surface area (Å²) in [5.74, 6) is -0.734. The molecule has 2 N–H and O–H groups in total. The maximum absolute atomic E-state index is 11.0. The zero-order valence-electron chi connectivity index (χ0n) is 7.71. The number of rotatable bonds is 4. The standard InChI is InChI=1S/C9H12O5/c1-2-13-9(12)8(11)7(10)6-4-3-5-14-6/h3-5,7-8,10-11H,2H2,1H3/t7-,8+/m1/s1. The highest BCUT2D eigenvalue weighted by molar-refractivity contribution is 5.75. The van der Waals surface area contributed by atoms with Crippen molar-refractivity contribution in [2.24, 2.45) is 0 Å². The molecule has 0 spiro atoms. The third-order valence-electron chi connectivity index (χ3n) is 1.66. The molecule has 78 valence electrons. The summed E-state index contributed by atoms with van der Waals surface area (Å²) in [4.78, 5) is 11.0. The van der Waals surface area contributed by atoms with Gasteiger partial charge in [0.05, 0.1) is 12.9 Å². The van der Waals surface area contributed by atoms with E-state index in [1.54, 1.807) is 13.0 Å². The van der Waals surface area contributed by atoms with Gasteiger partial charge in [0.1, 0.15) is 11.9 Å². The number of hydrogen-bond donors (Lipinski definition) is 2. The SMILES string of the molecule is CCOC(=O)[C@@H](O)[C@H](O)c1ccco1. The van der Waals surface area contributed by atoms with Gasteiger partial charge in [-0.1, -0.05) is 0 Å². The Kier molecular flexibility index (Phi) is 3.67. The fourth-order valence-corrected chi connectivity index (χ4v) is 0.972. The summed E-state index contributed by atoms with van der Waals surface area (Å²) in [7, 11) is 0. The number of furan rings is 1. The molecule has 0 saturated carbocycles. The summed E-state index contributed by atoms with van der Waals surface area (Å²) in [6, 6.07) is 3.02. The molecule has 0 radical (unpaired) electrons. The fraction of sp³-hybridized carbons (Fsp3) is 0.444. The molecule has 5 nitrogen and oxygen atoms in total. The minimum absolute atomic E-state index is 0.130. The molecule has 0 saturated heterocycles. The van der Waals surface area contributed by atoms with Crippen molar-refractivity contribution in [3.8, 4) is 0 Å². The van der Waals surface area contributed by atoms with Gasteiger partial charge in [-0.05, 0) is 19.1 Å². The van der Waals surface area contributed by atoms with E-state index in [4.69, 9.17) is 4.42 Å². The summed E-state index contributed by atoms with van der Waals surface area (Å²) < 4.78 is 9.36. The topological polar surface area (TPSA) is 79.9 Å². The molecule has 1 aromatic heterocycles. The predicted octanol–water partition coefficient (Wildman–Crippen LogP) is 0.237. The van der Waals surface area contributed by atoms with Crippen LogP contribution in [0.15, 0.2) is 22.8 Å². The average Bonchev–Trinajstić information content (AvgIpc) is 2.68. The predicted molar refractivity (Wildman–Crippen MR) is 46.3 cm³/mol. The summed E-state index contributed by atoms with van der Waals surface area (Å²) in [5, 5.41) is 18.7. The van der Waals surface area contributed by atoms with Crippen LogP contribution >= 0.6 is 0 Å². The Labute approximate surface area is 80.9 Å². The van der Waals surface area contributed by atoms with Gasteiger partial charge in [-0.3, -0.25) is 0 Å². The largest absolute Gasteiger partial charge is 0.466 e. The minimum Gasteiger partial charge on any atom is -0.466 e. The smallest absolute Gasteiger partial charge is 0.338 e. The number of carbonyl (C=O) groups is 1. The molecule has 0 bridgehead atoms. The van der Waals surface area contributed by atoms with Crippen molar-refractivity contribution in [1.29, 1.82) is 0 Å². The molecule has 1 aromatic rings. The third-order valence-corrected chi connectivity index (χ3v) is 1.66. The summed E-state index contributed by atoms with van der Waals surface area (Å²) in [5.41, 5.74) is 0. The van der Waals surface area contributed by atoms with E-state index in [1.807, 2.05) is 0 Å². The average molecular weight is 200 g/mol. The van der Waals surface area contributed by atoms with Gasteiger partial charge in [0.25, 0.3) is 0 Å². The van der Waals surface area contributed by atoms with Crippen LogP contribution in [0.1, 0.15) is 18.8 Å². The van der Waals surface area contributed by atoms with Crippen LogP contribution in [0.5, 0.6) is 0 Å². The second-order valence-corrected chi connectivity index (χ2v) is 2.66. The summed E-state index contributed by atoms with van der Waals surface area (Å²) >= 11 is 0. The van der Waals surface area contributed by atoms with Crippen molar-refractivity contribution < 1.29 is 24.2 Å². The quantitative estimate of drug-likeness (QED) is 0.680. The van der Waals surface area contributed by atoms with Crippen molar-refractivity contribution in [2.45, 2.75) is 19.1 Å². The lowest BCUT2D eigenvalue weighted by Gasteiger charge is -2.13. The molecule has 0 aliphatic carbocycles. The van der Waals surface area contributed by atoms with Crippen LogP contribution in [-0.4, -0.2) is 28.9 Å². The van der Waals surface area contributed by atoms with E-state index >= 15 is 0 Å². The van der Waals surface area contributed by atoms with Crippen molar-refractivity contribution in [1.82, 2.24) is 0 Å². The molecule has 2 atom stereocenters. The lowest BCUT2D eigenvalue weighted by atomic mass is 10.1. The van der Waals surface area contributed by atoms with Crippen LogP contribution in [0.3, 0.4) is 0 Å². The van der Waals surface area contributed by atoms with Gasteiger partial charge in [0, 0.05) is 0 Å². The van der Waals surface area contributed by atoms with E-state index in [1.165, 1.54) is 12.3 Å². The Morgan fingerprint density at radius 2 is 2.36 bits per heavy atom. The summed E-state index contributed by atoms with van der Waals surface area (Å²) in [6.07, 6.45) is -1.65. The highest BCUT2D eigenvalue weighted by atomic mass is 16.5. The number of ether oxygens (including phenoxy) is 1. The normalized spacial score (nSPS) is 14.8. The second-order valence-electron chi connectivity index (χ2n) is 2.66. The molecular weight excluding hydrogens is 188 g/mol. The molecule has 1 rings (SSSR count). The third kappa shape index (κ3) is 2.34. The highest BCUT2D eigenvalue weighted by Gasteiger charge is 2.28. The monoisotopic (exact) mass is 200 g/mol. The maximum Gasteiger partial charge on any atom is 0.338 e. The first-order valence-corrected chi connectivity index (χ1v) is 4.23. The first-order chi connectivity index (χ1) is 6.66. The van der Waals surface area contributed by atoms with Crippen LogP contribution in [0.2, 0.25) is 0 Å². The summed E-state index contributed by atoms with van der Waals surface area (Å²) in [6.45, 7) is 1.77. The van der Waals surface area contributed by atoms with Gasteiger partial charge >= 0.3 is 5.97 Å². The van der Waals surface area contributed by atoms with E-state index in [0.717, 1.165) is 0 Å². The Morgan fingerprint density at radius 1 is 1.64 bits per heavy atom. The number of aliphatic hydroxyl groups excluding tert-OH is 2. The van der Waals surface area contributed by atoms with E-state index in [-0.39, 0.29) is 12.4 Å². The van der Waals surface area contributed by atoms with Gasteiger partial charge < -0.3 is 19.4 Å². The van der Waals surface area contributed by atoms with Crippen molar-refractivity contribution >= 4 is 5.97 Å². The molecule has 5 heteroatoms. The van der Waals surface area contributed by atoms with Crippen LogP contribution < -0.4 is 0 Å². The first kappa shape index (κ1) is 10.7. The zero-order valence-corrected chi connectivity index (χ0v) is 7.71. The Morgan fingerprint density at radius 3 is 2.86 bits per heavy atom. The van der Waals surface area contributed by atoms with Crippen molar-refractivity contribution in [3.63, 3.8) is 0 Å². The second kappa shape index (κ2) is 4.78. The molecule has 0 amide bonds. The molecule has 0 fully saturated rings. The van der Waals surface area contributed by atoms with E-state index in [0.29, 0.717) is 0 Å². The van der Waals surface area contributed by atoms with Crippen molar-refractivity contribution in [3.05, 3.63) is 24.2 Å². The number of hydrogen-bond acceptors (Lipinski definition) is 5. The van der Waals surface area contributed by atoms with Gasteiger partial charge in [-0.15, -0.1) is 0 Å². The minimum atomic E-state index is -1.61. The zero-order chi connectivity index (χ0) is 10.6. The van der Waals surface area contributed by atoms with E-state index in [2.05, 4.69) is 4.74 Å². The first-order valence-electron chi connectivity index (χ1n) is 4.23. The lowest BCUT2D eigenvalue weighted by Crippen LogP contribution is -2.29. The molecular formula is C9H12O5. The molecule has 0 aromatic carbocycles. The number of aliphatic hydroxyl groups is 2. The number of esters is 1. The van der Waals surface area contributed by atoms with Gasteiger partial charge in [-0.25, -0.2) is 4.79 Å². The molecule has 1 heterocycles. The Bertz CT molecular complexity index is 279. The highest BCUT2D eigenvalue weighted by Crippen LogP contribution is 2.17. The maximum atomic E-state index is 11.0. The van der Waals surface area contributed by atoms with Gasteiger partial charge in [0.2, 0.25) is 0 Å². The lowest BCUT2D eigenvalue weighted by molar-refractivity contribution is -0.160. The molecule has 0 aliphatic heterocycles. The van der Waals surface area contributed by atoms with Crippen LogP contribution in [0.4, 0.5) is 0 Å². The van der Waals surface area contributed by atoms with Crippen LogP contribution in [0.25, 0.3) is 0 Å². The Hall–Kier alpha value is -1.33. The van der Waals surface area contributed by atoms with Crippen LogP contribution in [0, 0.1) is 0 Å². The number of carbonyl (C=O) groups excluding carboxylic acids is 1. The molecule has 0 aliphatic rings. The van der Waals surface area contributed by atoms with Gasteiger partial charge in [0.15, 0.2) is 6.10 Å². The molecule has 14 heavy (non-hydrogen) atoms.